The second kappa shape index (κ2) is 9.85. The number of amides is 2. The van der Waals surface area contributed by atoms with Crippen LogP contribution in [0.25, 0.3) is 0 Å². The van der Waals surface area contributed by atoms with Gasteiger partial charge in [-0.2, -0.15) is 0 Å². The number of benzene rings is 2. The molecule has 2 aromatic carbocycles. The Morgan fingerprint density at radius 3 is 2.82 bits per heavy atom. The van der Waals surface area contributed by atoms with Gasteiger partial charge >= 0.3 is 0 Å². The third-order valence-corrected chi connectivity index (χ3v) is 5.78. The fraction of sp³-hybridized carbons (Fsp3) is 0.333. The highest BCUT2D eigenvalue weighted by atomic mass is 35.5. The molecule has 0 aliphatic carbocycles. The van der Waals surface area contributed by atoms with Crippen LogP contribution in [0.3, 0.4) is 0 Å². The number of likely N-dealkylation sites (N-methyl/N-ethyl adjacent to an activating group) is 1. The number of hydrogen-bond donors (Lipinski definition) is 0. The summed E-state index contributed by atoms with van der Waals surface area (Å²) in [5, 5.41) is 0.609. The summed E-state index contributed by atoms with van der Waals surface area (Å²) in [6.07, 6.45) is 0.398. The normalized spacial score (nSPS) is 13.0. The van der Waals surface area contributed by atoms with Crippen LogP contribution in [0.5, 0.6) is 5.75 Å². The molecule has 148 valence electrons. The summed E-state index contributed by atoms with van der Waals surface area (Å²) in [6, 6.07) is 15.0. The van der Waals surface area contributed by atoms with Gasteiger partial charge in [0.25, 0.3) is 0 Å². The number of rotatable bonds is 7. The summed E-state index contributed by atoms with van der Waals surface area (Å²) in [6.45, 7) is 1.49. The minimum Gasteiger partial charge on any atom is -0.492 e. The molecule has 0 atom stereocenters. The van der Waals surface area contributed by atoms with Gasteiger partial charge in [0.15, 0.2) is 0 Å². The lowest BCUT2D eigenvalue weighted by Gasteiger charge is -2.29. The Hall–Kier alpha value is -2.18. The van der Waals surface area contributed by atoms with E-state index < -0.39 is 0 Å². The summed E-state index contributed by atoms with van der Waals surface area (Å²) < 4.78 is 5.61. The molecular weight excluding hydrogens is 396 g/mol. The van der Waals surface area contributed by atoms with E-state index in [2.05, 4.69) is 0 Å². The van der Waals surface area contributed by atoms with E-state index in [1.165, 1.54) is 0 Å². The number of halogens is 1. The third-order valence-electron chi connectivity index (χ3n) is 4.50. The molecule has 1 aliphatic heterocycles. The second-order valence-corrected chi connectivity index (χ2v) is 8.06. The van der Waals surface area contributed by atoms with Crippen molar-refractivity contribution in [2.45, 2.75) is 17.7 Å². The molecule has 1 aliphatic rings. The number of fused-ring (bicyclic) bond motifs is 1. The third kappa shape index (κ3) is 5.42. The van der Waals surface area contributed by atoms with Gasteiger partial charge in [-0.15, -0.1) is 11.8 Å². The number of carbonyl (C=O) groups is 2. The summed E-state index contributed by atoms with van der Waals surface area (Å²) >= 11 is 7.68. The molecule has 0 aromatic heterocycles. The second-order valence-electron chi connectivity index (χ2n) is 6.48. The van der Waals surface area contributed by atoms with Crippen molar-refractivity contribution in [1.29, 1.82) is 0 Å². The standard InChI is InChI=1S/C21H23ClN2O3S/c1-23(11-13-27-17-6-4-5-16(22)15-17)20(25)9-10-21(26)24-12-14-28-19-8-3-2-7-18(19)24/h2-8,15H,9-14H2,1H3. The number of thioether (sulfide) groups is 1. The molecule has 0 saturated heterocycles. The lowest BCUT2D eigenvalue weighted by molar-refractivity contribution is -0.132. The lowest BCUT2D eigenvalue weighted by Crippen LogP contribution is -2.37. The van der Waals surface area contributed by atoms with Crippen LogP contribution in [-0.2, 0) is 9.59 Å². The smallest absolute Gasteiger partial charge is 0.227 e. The van der Waals surface area contributed by atoms with E-state index in [0.717, 1.165) is 16.3 Å². The van der Waals surface area contributed by atoms with Crippen LogP contribution in [0.1, 0.15) is 12.8 Å². The molecule has 2 amide bonds. The minimum atomic E-state index is -0.0669. The molecule has 0 bridgehead atoms. The Balaban J connectivity index is 1.44. The zero-order valence-corrected chi connectivity index (χ0v) is 17.3. The quantitative estimate of drug-likeness (QED) is 0.679. The fourth-order valence-electron chi connectivity index (χ4n) is 2.95. The number of carbonyl (C=O) groups excluding carboxylic acids is 2. The lowest BCUT2D eigenvalue weighted by atomic mass is 10.2. The molecule has 0 fully saturated rings. The average molecular weight is 419 g/mol. The van der Waals surface area contributed by atoms with Crippen molar-refractivity contribution in [3.05, 3.63) is 53.6 Å². The molecule has 0 radical (unpaired) electrons. The Bertz CT molecular complexity index is 846. The average Bonchev–Trinajstić information content (AvgIpc) is 2.71. The van der Waals surface area contributed by atoms with E-state index in [0.29, 0.717) is 30.5 Å². The maximum Gasteiger partial charge on any atom is 0.227 e. The summed E-state index contributed by atoms with van der Waals surface area (Å²) in [7, 11) is 1.72. The number of nitrogens with zero attached hydrogens (tertiary/aromatic N) is 2. The SMILES string of the molecule is CN(CCOc1cccc(Cl)c1)C(=O)CCC(=O)N1CCSc2ccccc21. The van der Waals surface area contributed by atoms with Crippen molar-refractivity contribution >= 4 is 40.9 Å². The molecule has 0 unspecified atom stereocenters. The van der Waals surface area contributed by atoms with E-state index in [1.54, 1.807) is 40.7 Å². The number of anilines is 1. The molecule has 0 saturated carbocycles. The van der Waals surface area contributed by atoms with E-state index in [9.17, 15) is 9.59 Å². The maximum absolute atomic E-state index is 12.6. The largest absolute Gasteiger partial charge is 0.492 e. The van der Waals surface area contributed by atoms with Crippen LogP contribution in [-0.4, -0.2) is 49.2 Å². The topological polar surface area (TPSA) is 49.9 Å². The van der Waals surface area contributed by atoms with Crippen LogP contribution in [0.4, 0.5) is 5.69 Å². The van der Waals surface area contributed by atoms with Crippen molar-refractivity contribution in [2.75, 3.05) is 37.4 Å². The van der Waals surface area contributed by atoms with Gasteiger partial charge in [0.2, 0.25) is 11.8 Å². The monoisotopic (exact) mass is 418 g/mol. The highest BCUT2D eigenvalue weighted by Crippen LogP contribution is 2.34. The predicted molar refractivity (Wildman–Crippen MR) is 113 cm³/mol. The Kier molecular flexibility index (Phi) is 7.23. The van der Waals surface area contributed by atoms with Crippen molar-refractivity contribution in [3.8, 4) is 5.75 Å². The number of ether oxygens (including phenoxy) is 1. The molecule has 2 aromatic rings. The molecule has 28 heavy (non-hydrogen) atoms. The zero-order chi connectivity index (χ0) is 19.9. The summed E-state index contributed by atoms with van der Waals surface area (Å²) in [5.41, 5.74) is 0.944. The zero-order valence-electron chi connectivity index (χ0n) is 15.8. The molecule has 7 heteroatoms. The molecule has 0 N–H and O–H groups in total. The van der Waals surface area contributed by atoms with Gasteiger partial charge in [-0.1, -0.05) is 29.8 Å². The van der Waals surface area contributed by atoms with E-state index >= 15 is 0 Å². The number of hydrogen-bond acceptors (Lipinski definition) is 4. The fourth-order valence-corrected chi connectivity index (χ4v) is 4.13. The predicted octanol–water partition coefficient (Wildman–Crippen LogP) is 4.10. The first-order valence-electron chi connectivity index (χ1n) is 9.19. The van der Waals surface area contributed by atoms with E-state index in [4.69, 9.17) is 16.3 Å². The van der Waals surface area contributed by atoms with Crippen LogP contribution in [0, 0.1) is 0 Å². The first-order valence-corrected chi connectivity index (χ1v) is 10.6. The molecular formula is C21H23ClN2O3S. The molecule has 3 rings (SSSR count). The van der Waals surface area contributed by atoms with Crippen molar-refractivity contribution in [1.82, 2.24) is 4.90 Å². The van der Waals surface area contributed by atoms with Gasteiger partial charge < -0.3 is 14.5 Å². The Morgan fingerprint density at radius 2 is 2.00 bits per heavy atom. The van der Waals surface area contributed by atoms with Crippen LogP contribution in [0.15, 0.2) is 53.4 Å². The van der Waals surface area contributed by atoms with Gasteiger partial charge in [0.1, 0.15) is 12.4 Å². The Labute approximate surface area is 174 Å². The van der Waals surface area contributed by atoms with Crippen LogP contribution < -0.4 is 9.64 Å². The van der Waals surface area contributed by atoms with Crippen LogP contribution in [0.2, 0.25) is 5.02 Å². The van der Waals surface area contributed by atoms with Crippen LogP contribution >= 0.6 is 23.4 Å². The number of para-hydroxylation sites is 1. The van der Waals surface area contributed by atoms with E-state index in [-0.39, 0.29) is 24.7 Å². The van der Waals surface area contributed by atoms with Crippen molar-refractivity contribution in [2.24, 2.45) is 0 Å². The van der Waals surface area contributed by atoms with Gasteiger partial charge in [0.05, 0.1) is 12.2 Å². The Morgan fingerprint density at radius 1 is 1.18 bits per heavy atom. The van der Waals surface area contributed by atoms with Gasteiger partial charge in [-0.3, -0.25) is 9.59 Å². The molecule has 5 nitrogen and oxygen atoms in total. The highest BCUT2D eigenvalue weighted by molar-refractivity contribution is 7.99. The van der Waals surface area contributed by atoms with E-state index in [1.807, 2.05) is 36.4 Å². The highest BCUT2D eigenvalue weighted by Gasteiger charge is 2.23. The molecule has 0 spiro atoms. The first kappa shape index (κ1) is 20.6. The van der Waals surface area contributed by atoms with Gasteiger partial charge in [-0.05, 0) is 30.3 Å². The minimum absolute atomic E-state index is 0.00956. The maximum atomic E-state index is 12.6. The van der Waals surface area contributed by atoms with Crippen molar-refractivity contribution < 1.29 is 14.3 Å². The summed E-state index contributed by atoms with van der Waals surface area (Å²) in [5.74, 6) is 1.47. The summed E-state index contributed by atoms with van der Waals surface area (Å²) in [4.78, 5) is 29.5. The van der Waals surface area contributed by atoms with Gasteiger partial charge in [0, 0.05) is 42.1 Å². The molecule has 1 heterocycles. The first-order chi connectivity index (χ1) is 13.5. The van der Waals surface area contributed by atoms with Gasteiger partial charge in [-0.25, -0.2) is 0 Å². The van der Waals surface area contributed by atoms with Crippen molar-refractivity contribution in [3.63, 3.8) is 0 Å².